The number of halogens is 1. The molecule has 0 aromatic heterocycles. The maximum atomic E-state index is 11.8. The Balaban J connectivity index is 1.07. The number of ketones is 1. The molecule has 2 aliphatic carbocycles. The van der Waals surface area contributed by atoms with E-state index in [9.17, 15) is 10.1 Å². The molecule has 1 saturated carbocycles. The highest BCUT2D eigenvalue weighted by atomic mass is 35.5. The molecule has 1 aliphatic heterocycles. The minimum Gasteiger partial charge on any atom is -0.493 e. The fourth-order valence-electron chi connectivity index (χ4n) is 8.43. The predicted molar refractivity (Wildman–Crippen MR) is 221 cm³/mol. The highest BCUT2D eigenvalue weighted by Gasteiger charge is 2.29. The van der Waals surface area contributed by atoms with Crippen LogP contribution in [0.4, 0.5) is 5.69 Å². The van der Waals surface area contributed by atoms with E-state index in [1.807, 2.05) is 12.1 Å². The number of Topliss-reactive ketones (excluding diaryl/α,β-unsaturated/α-hetero) is 1. The quantitative estimate of drug-likeness (QED) is 0.0951. The number of carbonyl (C=O) groups is 1. The third kappa shape index (κ3) is 9.56. The van der Waals surface area contributed by atoms with Crippen LogP contribution >= 0.6 is 11.6 Å². The molecule has 1 saturated heterocycles. The van der Waals surface area contributed by atoms with Crippen LogP contribution < -0.4 is 19.5 Å². The summed E-state index contributed by atoms with van der Waals surface area (Å²) in [5.74, 6) is 3.58. The van der Waals surface area contributed by atoms with Gasteiger partial charge in [-0.05, 0) is 141 Å². The largest absolute Gasteiger partial charge is 0.493 e. The van der Waals surface area contributed by atoms with E-state index in [0.717, 1.165) is 72.7 Å². The number of hydrogen-bond acceptors (Lipinski definition) is 7. The number of nitrogens with zero attached hydrogens (tertiary/aromatic N) is 3. The minimum absolute atomic E-state index is 0.165. The molecule has 290 valence electrons. The fraction of sp³-hybridized carbons (Fsp3) is 0.426. The van der Waals surface area contributed by atoms with Crippen molar-refractivity contribution in [2.75, 3.05) is 32.8 Å². The molecule has 9 heteroatoms. The summed E-state index contributed by atoms with van der Waals surface area (Å²) in [6.07, 6.45) is 7.27. The lowest BCUT2D eigenvalue weighted by molar-refractivity contribution is -0.117. The smallest absolute Gasteiger partial charge is 0.188 e. The zero-order chi connectivity index (χ0) is 39.0. The third-order valence-electron chi connectivity index (χ3n) is 11.7. The molecule has 0 radical (unpaired) electrons. The van der Waals surface area contributed by atoms with Gasteiger partial charge in [-0.2, -0.15) is 5.26 Å². The summed E-state index contributed by atoms with van der Waals surface area (Å²) in [5, 5.41) is 13.5. The van der Waals surface area contributed by atoms with Crippen molar-refractivity contribution in [3.05, 3.63) is 117 Å². The standard InChI is InChI=1S/C47H51ClN4O4/c1-31-15-18-52(19-16-31)17-6-20-54-44-10-5-7-39(32(44)2)40-8-4-9-42-41(40)13-14-45(42)56-47-26-46(55-30-35-21-34(27-49)22-37(23-35)50-3)36(25-43(47)48)29-51-28-33-11-12-38(53)24-33/h4-5,7-10,21-23,25-26,31,33,45,51H,6,11-20,24,28-30H2,1-2H3/t33-,45+/m1/s1. The molecule has 3 aliphatic rings. The van der Waals surface area contributed by atoms with E-state index in [-0.39, 0.29) is 12.7 Å². The maximum Gasteiger partial charge on any atom is 0.188 e. The molecule has 0 amide bonds. The maximum absolute atomic E-state index is 11.8. The number of hydrogen-bond donors (Lipinski definition) is 1. The molecule has 8 nitrogen and oxygen atoms in total. The lowest BCUT2D eigenvalue weighted by atomic mass is 9.93. The monoisotopic (exact) mass is 770 g/mol. The SMILES string of the molecule is [C-]#[N+]c1cc(C#N)cc(COc2cc(O[C@H]3CCc4c(-c5cccc(OCCCN6CCC(C)CC6)c5C)cccc43)c(Cl)cc2CNC[C@@H]2CCC(=O)C2)c1. The molecule has 4 aromatic carbocycles. The first-order chi connectivity index (χ1) is 27.3. The Labute approximate surface area is 336 Å². The number of ether oxygens (including phenoxy) is 3. The Kier molecular flexibility index (Phi) is 12.9. The highest BCUT2D eigenvalue weighted by Crippen LogP contribution is 2.44. The average molecular weight is 771 g/mol. The second-order valence-electron chi connectivity index (χ2n) is 15.7. The number of likely N-dealkylation sites (tertiary alicyclic amines) is 1. The van der Waals surface area contributed by atoms with Gasteiger partial charge in [-0.25, -0.2) is 4.85 Å². The van der Waals surface area contributed by atoms with Crippen LogP contribution in [0.5, 0.6) is 17.2 Å². The van der Waals surface area contributed by atoms with Crippen molar-refractivity contribution in [2.45, 2.75) is 84.5 Å². The van der Waals surface area contributed by atoms with Crippen LogP contribution in [0, 0.1) is 36.7 Å². The van der Waals surface area contributed by atoms with Gasteiger partial charge in [-0.3, -0.25) is 4.79 Å². The minimum atomic E-state index is -0.190. The molecule has 7 rings (SSSR count). The zero-order valence-electron chi connectivity index (χ0n) is 32.5. The van der Waals surface area contributed by atoms with Crippen LogP contribution in [0.1, 0.15) is 91.4 Å². The van der Waals surface area contributed by atoms with Crippen molar-refractivity contribution in [3.8, 4) is 34.4 Å². The lowest BCUT2D eigenvalue weighted by Crippen LogP contribution is -2.34. The van der Waals surface area contributed by atoms with E-state index >= 15 is 0 Å². The molecule has 2 fully saturated rings. The topological polar surface area (TPSA) is 88.2 Å². The van der Waals surface area contributed by atoms with E-state index in [4.69, 9.17) is 32.4 Å². The van der Waals surface area contributed by atoms with Gasteiger partial charge in [0.2, 0.25) is 0 Å². The van der Waals surface area contributed by atoms with Crippen LogP contribution in [-0.4, -0.2) is 43.5 Å². The summed E-state index contributed by atoms with van der Waals surface area (Å²) in [7, 11) is 0. The number of fused-ring (bicyclic) bond motifs is 1. The Hall–Kier alpha value is -4.86. The van der Waals surface area contributed by atoms with Gasteiger partial charge < -0.3 is 24.4 Å². The second-order valence-corrected chi connectivity index (χ2v) is 16.1. The molecule has 1 N–H and O–H groups in total. The fourth-order valence-corrected chi connectivity index (χ4v) is 8.66. The van der Waals surface area contributed by atoms with Crippen molar-refractivity contribution in [3.63, 3.8) is 0 Å². The van der Waals surface area contributed by atoms with Crippen LogP contribution in [-0.2, 0) is 24.4 Å². The highest BCUT2D eigenvalue weighted by molar-refractivity contribution is 6.32. The van der Waals surface area contributed by atoms with Gasteiger partial charge in [-0.15, -0.1) is 0 Å². The zero-order valence-corrected chi connectivity index (χ0v) is 33.3. The van der Waals surface area contributed by atoms with Crippen LogP contribution in [0.25, 0.3) is 16.0 Å². The van der Waals surface area contributed by atoms with Crippen molar-refractivity contribution >= 4 is 23.1 Å². The molecule has 0 bridgehead atoms. The van der Waals surface area contributed by atoms with Crippen molar-refractivity contribution < 1.29 is 19.0 Å². The van der Waals surface area contributed by atoms with Gasteiger partial charge in [0.1, 0.15) is 35.7 Å². The Morgan fingerprint density at radius 1 is 0.964 bits per heavy atom. The molecule has 4 aromatic rings. The Morgan fingerprint density at radius 3 is 2.57 bits per heavy atom. The number of carbonyl (C=O) groups excluding carboxylic acids is 1. The van der Waals surface area contributed by atoms with Crippen molar-refractivity contribution in [1.29, 1.82) is 5.26 Å². The first-order valence-corrected chi connectivity index (χ1v) is 20.5. The van der Waals surface area contributed by atoms with Crippen molar-refractivity contribution in [2.24, 2.45) is 11.8 Å². The average Bonchev–Trinajstić information content (AvgIpc) is 3.83. The van der Waals surface area contributed by atoms with Crippen LogP contribution in [0.15, 0.2) is 66.7 Å². The summed E-state index contributed by atoms with van der Waals surface area (Å²) in [6, 6.07) is 23.8. The Morgan fingerprint density at radius 2 is 1.79 bits per heavy atom. The molecule has 0 unspecified atom stereocenters. The van der Waals surface area contributed by atoms with Gasteiger partial charge in [0.05, 0.1) is 24.3 Å². The van der Waals surface area contributed by atoms with Gasteiger partial charge in [0.25, 0.3) is 0 Å². The van der Waals surface area contributed by atoms with E-state index in [0.29, 0.717) is 65.5 Å². The van der Waals surface area contributed by atoms with E-state index in [1.54, 1.807) is 18.2 Å². The van der Waals surface area contributed by atoms with E-state index in [1.165, 1.54) is 42.6 Å². The van der Waals surface area contributed by atoms with Gasteiger partial charge in [-0.1, -0.05) is 48.9 Å². The summed E-state index contributed by atoms with van der Waals surface area (Å²) < 4.78 is 19.5. The summed E-state index contributed by atoms with van der Waals surface area (Å²) in [4.78, 5) is 17.9. The van der Waals surface area contributed by atoms with Crippen LogP contribution in [0.3, 0.4) is 0 Å². The summed E-state index contributed by atoms with van der Waals surface area (Å²) in [5.41, 5.74) is 8.36. The number of piperidine rings is 1. The van der Waals surface area contributed by atoms with Crippen LogP contribution in [0.2, 0.25) is 5.02 Å². The van der Waals surface area contributed by atoms with E-state index in [2.05, 4.69) is 71.4 Å². The molecular weight excluding hydrogens is 720 g/mol. The first kappa shape index (κ1) is 39.4. The lowest BCUT2D eigenvalue weighted by Gasteiger charge is -2.30. The number of nitrogens with one attached hydrogen (secondary N) is 1. The first-order valence-electron chi connectivity index (χ1n) is 20.1. The van der Waals surface area contributed by atoms with E-state index < -0.39 is 0 Å². The predicted octanol–water partition coefficient (Wildman–Crippen LogP) is 10.3. The number of rotatable bonds is 15. The number of benzene rings is 4. The normalized spacial score (nSPS) is 18.3. The van der Waals surface area contributed by atoms with Gasteiger partial charge in [0.15, 0.2) is 5.69 Å². The molecule has 0 spiro atoms. The molecular formula is C47H51ClN4O4. The van der Waals surface area contributed by atoms with Gasteiger partial charge in [0, 0.05) is 43.1 Å². The molecule has 1 heterocycles. The van der Waals surface area contributed by atoms with Gasteiger partial charge >= 0.3 is 0 Å². The summed E-state index contributed by atoms with van der Waals surface area (Å²) >= 11 is 6.96. The third-order valence-corrected chi connectivity index (χ3v) is 11.9. The Bertz CT molecular complexity index is 2100. The second kappa shape index (κ2) is 18.4. The molecule has 56 heavy (non-hydrogen) atoms. The number of nitriles is 1. The summed E-state index contributed by atoms with van der Waals surface area (Å²) in [6.45, 7) is 17.5. The van der Waals surface area contributed by atoms with Crippen molar-refractivity contribution in [1.82, 2.24) is 10.2 Å². The molecule has 2 atom stereocenters.